The van der Waals surface area contributed by atoms with Gasteiger partial charge in [0.25, 0.3) is 0 Å². The minimum absolute atomic E-state index is 0.157. The first-order valence-corrected chi connectivity index (χ1v) is 11.1. The monoisotopic (exact) mass is 460 g/mol. The van der Waals surface area contributed by atoms with Crippen molar-refractivity contribution in [2.45, 2.75) is 39.0 Å². The third-order valence-electron chi connectivity index (χ3n) is 5.45. The molecule has 8 heteroatoms. The minimum Gasteiger partial charge on any atom is -0.445 e. The van der Waals surface area contributed by atoms with Gasteiger partial charge in [0.1, 0.15) is 24.1 Å². The third-order valence-corrected chi connectivity index (χ3v) is 5.45. The molecule has 0 spiro atoms. The molecule has 2 heterocycles. The first kappa shape index (κ1) is 23.2. The van der Waals surface area contributed by atoms with Crippen LogP contribution in [0.5, 0.6) is 0 Å². The Morgan fingerprint density at radius 2 is 1.91 bits per heavy atom. The fraction of sp³-hybridized carbons (Fsp3) is 0.346. The lowest BCUT2D eigenvalue weighted by Gasteiger charge is -2.40. The van der Waals surface area contributed by atoms with Crippen LogP contribution >= 0.6 is 0 Å². The molecule has 2 amide bonds. The zero-order valence-corrected chi connectivity index (χ0v) is 19.6. The van der Waals surface area contributed by atoms with Crippen molar-refractivity contribution in [2.24, 2.45) is 0 Å². The molecule has 4 rings (SSSR count). The zero-order valence-electron chi connectivity index (χ0n) is 19.6. The van der Waals surface area contributed by atoms with E-state index < -0.39 is 23.8 Å². The predicted molar refractivity (Wildman–Crippen MR) is 128 cm³/mol. The summed E-state index contributed by atoms with van der Waals surface area (Å²) in [5.41, 5.74) is 2.48. The van der Waals surface area contributed by atoms with Crippen LogP contribution in [0.4, 0.5) is 9.59 Å². The second-order valence-corrected chi connectivity index (χ2v) is 9.17. The first-order chi connectivity index (χ1) is 16.2. The number of hydrogen-bond donors (Lipinski definition) is 1. The predicted octanol–water partition coefficient (Wildman–Crippen LogP) is 4.47. The maximum atomic E-state index is 13.1. The molecular weight excluding hydrogens is 432 g/mol. The molecule has 8 nitrogen and oxygen atoms in total. The number of amides is 2. The van der Waals surface area contributed by atoms with Gasteiger partial charge in [-0.25, -0.2) is 14.6 Å². The van der Waals surface area contributed by atoms with Gasteiger partial charge in [-0.2, -0.15) is 0 Å². The van der Waals surface area contributed by atoms with Crippen molar-refractivity contribution in [3.05, 3.63) is 65.5 Å². The van der Waals surface area contributed by atoms with Crippen molar-refractivity contribution >= 4 is 23.2 Å². The maximum Gasteiger partial charge on any atom is 0.410 e. The number of hydrogen-bond acceptors (Lipinski definition) is 5. The zero-order chi connectivity index (χ0) is 24.3. The highest BCUT2D eigenvalue weighted by Crippen LogP contribution is 2.28. The van der Waals surface area contributed by atoms with Gasteiger partial charge in [0.15, 0.2) is 0 Å². The van der Waals surface area contributed by atoms with E-state index >= 15 is 0 Å². The Morgan fingerprint density at radius 1 is 1.15 bits per heavy atom. The number of aromatic nitrogens is 2. The summed E-state index contributed by atoms with van der Waals surface area (Å²) >= 11 is 0. The molecule has 0 aliphatic carbocycles. The lowest BCUT2D eigenvalue weighted by Crippen LogP contribution is -2.53. The Morgan fingerprint density at radius 3 is 2.62 bits per heavy atom. The van der Waals surface area contributed by atoms with Crippen molar-refractivity contribution in [3.8, 4) is 12.3 Å². The molecule has 176 valence electrons. The number of fused-ring (bicyclic) bond motifs is 1. The van der Waals surface area contributed by atoms with Gasteiger partial charge < -0.3 is 19.4 Å². The fourth-order valence-electron chi connectivity index (χ4n) is 3.81. The second-order valence-electron chi connectivity index (χ2n) is 9.17. The molecule has 1 atom stereocenters. The van der Waals surface area contributed by atoms with Gasteiger partial charge >= 0.3 is 12.2 Å². The number of terminal acetylenes is 1. The highest BCUT2D eigenvalue weighted by molar-refractivity contribution is 5.77. The average Bonchev–Trinajstić information content (AvgIpc) is 3.25. The number of aromatic amines is 1. The standard InChI is InChI=1S/C26H28N4O4/c1-5-18-11-12-20-21(15-18)28-23(27-20)22-16-29(24(31)34-26(2,3)4)13-14-30(22)25(32)33-17-19-9-7-6-8-10-19/h1,6-12,15,22H,13-14,16-17H2,2-4H3,(H,27,28)/t22-/m0/s1. The van der Waals surface area contributed by atoms with Crippen molar-refractivity contribution < 1.29 is 19.1 Å². The fourth-order valence-corrected chi connectivity index (χ4v) is 3.81. The number of piperazine rings is 1. The number of rotatable bonds is 3. The Bertz CT molecular complexity index is 1220. The van der Waals surface area contributed by atoms with Crippen LogP contribution < -0.4 is 0 Å². The van der Waals surface area contributed by atoms with Crippen molar-refractivity contribution in [2.75, 3.05) is 19.6 Å². The average molecular weight is 461 g/mol. The van der Waals surface area contributed by atoms with E-state index in [4.69, 9.17) is 15.9 Å². The lowest BCUT2D eigenvalue weighted by atomic mass is 10.1. The van der Waals surface area contributed by atoms with Crippen LogP contribution in [0.3, 0.4) is 0 Å². The molecule has 34 heavy (non-hydrogen) atoms. The number of ether oxygens (including phenoxy) is 2. The van der Waals surface area contributed by atoms with E-state index in [9.17, 15) is 9.59 Å². The third kappa shape index (κ3) is 5.31. The van der Waals surface area contributed by atoms with Gasteiger partial charge in [0, 0.05) is 18.7 Å². The largest absolute Gasteiger partial charge is 0.445 e. The van der Waals surface area contributed by atoms with Crippen LogP contribution in [0.15, 0.2) is 48.5 Å². The molecule has 2 aromatic carbocycles. The van der Waals surface area contributed by atoms with Crippen LogP contribution in [0.1, 0.15) is 43.8 Å². The second kappa shape index (κ2) is 9.48. The number of carbonyl (C=O) groups is 2. The number of nitrogens with one attached hydrogen (secondary N) is 1. The van der Waals surface area contributed by atoms with Crippen LogP contribution in [0, 0.1) is 12.3 Å². The number of carbonyl (C=O) groups excluding carboxylic acids is 2. The molecule has 0 unspecified atom stereocenters. The van der Waals surface area contributed by atoms with E-state index in [2.05, 4.69) is 15.9 Å². The van der Waals surface area contributed by atoms with Crippen LogP contribution in [-0.2, 0) is 16.1 Å². The number of nitrogens with zero attached hydrogens (tertiary/aromatic N) is 3. The maximum absolute atomic E-state index is 13.1. The smallest absolute Gasteiger partial charge is 0.410 e. The first-order valence-electron chi connectivity index (χ1n) is 11.1. The highest BCUT2D eigenvalue weighted by atomic mass is 16.6. The molecule has 0 bridgehead atoms. The van der Waals surface area contributed by atoms with Crippen molar-refractivity contribution in [1.82, 2.24) is 19.8 Å². The molecule has 1 aromatic heterocycles. The van der Waals surface area contributed by atoms with Crippen LogP contribution in [0.25, 0.3) is 11.0 Å². The van der Waals surface area contributed by atoms with Gasteiger partial charge in [-0.15, -0.1) is 6.42 Å². The Hall–Kier alpha value is -3.99. The summed E-state index contributed by atoms with van der Waals surface area (Å²) in [4.78, 5) is 37.0. The minimum atomic E-state index is -0.622. The van der Waals surface area contributed by atoms with E-state index in [1.807, 2.05) is 69.3 Å². The van der Waals surface area contributed by atoms with Gasteiger partial charge in [0.05, 0.1) is 17.6 Å². The van der Waals surface area contributed by atoms with E-state index in [-0.39, 0.29) is 19.7 Å². The van der Waals surface area contributed by atoms with Gasteiger partial charge in [-0.1, -0.05) is 36.3 Å². The van der Waals surface area contributed by atoms with Crippen molar-refractivity contribution in [1.29, 1.82) is 0 Å². The summed E-state index contributed by atoms with van der Waals surface area (Å²) in [6.07, 6.45) is 4.62. The lowest BCUT2D eigenvalue weighted by molar-refractivity contribution is -0.0000948. The van der Waals surface area contributed by atoms with Crippen LogP contribution in [-0.4, -0.2) is 57.2 Å². The van der Waals surface area contributed by atoms with Gasteiger partial charge in [-0.05, 0) is 44.5 Å². The van der Waals surface area contributed by atoms with Crippen molar-refractivity contribution in [3.63, 3.8) is 0 Å². The van der Waals surface area contributed by atoms with E-state index in [0.29, 0.717) is 12.4 Å². The topological polar surface area (TPSA) is 87.8 Å². The van der Waals surface area contributed by atoms with E-state index in [0.717, 1.165) is 22.2 Å². The molecule has 1 N–H and O–H groups in total. The number of imidazole rings is 1. The normalized spacial score (nSPS) is 16.2. The Labute approximate surface area is 198 Å². The van der Waals surface area contributed by atoms with Gasteiger partial charge in [-0.3, -0.25) is 4.90 Å². The number of benzene rings is 2. The SMILES string of the molecule is C#Cc1ccc2nc([C@@H]3CN(C(=O)OC(C)(C)C)CCN3C(=O)OCc3ccccc3)[nH]c2c1. The summed E-state index contributed by atoms with van der Waals surface area (Å²) < 4.78 is 11.1. The van der Waals surface area contributed by atoms with E-state index in [1.165, 1.54) is 0 Å². The molecule has 3 aromatic rings. The molecule has 0 saturated carbocycles. The summed E-state index contributed by atoms with van der Waals surface area (Å²) in [5, 5.41) is 0. The summed E-state index contributed by atoms with van der Waals surface area (Å²) in [5.74, 6) is 3.16. The molecule has 1 aliphatic rings. The van der Waals surface area contributed by atoms with Crippen LogP contribution in [0.2, 0.25) is 0 Å². The summed E-state index contributed by atoms with van der Waals surface area (Å²) in [7, 11) is 0. The Kier molecular flexibility index (Phi) is 6.46. The highest BCUT2D eigenvalue weighted by Gasteiger charge is 2.37. The molecule has 1 saturated heterocycles. The quantitative estimate of drug-likeness (QED) is 0.583. The summed E-state index contributed by atoms with van der Waals surface area (Å²) in [6, 6.07) is 14.4. The Balaban J connectivity index is 1.59. The molecular formula is C26H28N4O4. The van der Waals surface area contributed by atoms with E-state index in [1.54, 1.807) is 9.80 Å². The number of H-pyrrole nitrogens is 1. The van der Waals surface area contributed by atoms with Gasteiger partial charge in [0.2, 0.25) is 0 Å². The summed E-state index contributed by atoms with van der Waals surface area (Å²) in [6.45, 7) is 6.45. The molecule has 1 fully saturated rings. The molecule has 0 radical (unpaired) electrons. The molecule has 1 aliphatic heterocycles.